The van der Waals surface area contributed by atoms with Gasteiger partial charge in [-0.3, -0.25) is 4.79 Å². The van der Waals surface area contributed by atoms with Gasteiger partial charge in [-0.05, 0) is 30.5 Å². The summed E-state index contributed by atoms with van der Waals surface area (Å²) < 4.78 is 0. The smallest absolute Gasteiger partial charge is 0.166 e. The molecule has 76 valence electrons. The van der Waals surface area contributed by atoms with Crippen LogP contribution in [-0.2, 0) is 0 Å². The Morgan fingerprint density at radius 3 is 2.57 bits per heavy atom. The van der Waals surface area contributed by atoms with Crippen molar-refractivity contribution in [1.82, 2.24) is 0 Å². The number of hydrogen-bond acceptors (Lipinski definition) is 2. The molecule has 0 aromatic heterocycles. The van der Waals surface area contributed by atoms with E-state index in [0.29, 0.717) is 17.9 Å². The molecule has 1 rings (SSSR count). The molecule has 1 aromatic rings. The number of carbonyl (C=O) groups excluding carboxylic acids is 1. The van der Waals surface area contributed by atoms with E-state index in [9.17, 15) is 9.90 Å². The lowest BCUT2D eigenvalue weighted by atomic mass is 10.00. The van der Waals surface area contributed by atoms with Crippen LogP contribution in [-0.4, -0.2) is 10.9 Å². The molecule has 0 aliphatic carbocycles. The van der Waals surface area contributed by atoms with E-state index in [-0.39, 0.29) is 11.5 Å². The lowest BCUT2D eigenvalue weighted by molar-refractivity contribution is 0.0965. The summed E-state index contributed by atoms with van der Waals surface area (Å²) in [5.41, 5.74) is 1.40. The van der Waals surface area contributed by atoms with Crippen molar-refractivity contribution in [3.63, 3.8) is 0 Å². The van der Waals surface area contributed by atoms with Gasteiger partial charge in [0.25, 0.3) is 0 Å². The summed E-state index contributed by atoms with van der Waals surface area (Å²) in [6.07, 6.45) is 0.483. The molecular weight excluding hydrogens is 176 g/mol. The van der Waals surface area contributed by atoms with Gasteiger partial charge in [0.15, 0.2) is 5.78 Å². The zero-order valence-corrected chi connectivity index (χ0v) is 8.87. The third-order valence-electron chi connectivity index (χ3n) is 2.05. The van der Waals surface area contributed by atoms with Crippen molar-refractivity contribution in [2.75, 3.05) is 0 Å². The maximum Gasteiger partial charge on any atom is 0.166 e. The molecule has 0 radical (unpaired) electrons. The maximum absolute atomic E-state index is 11.6. The molecule has 0 aliphatic rings. The van der Waals surface area contributed by atoms with Crippen LogP contribution < -0.4 is 0 Å². The summed E-state index contributed by atoms with van der Waals surface area (Å²) in [7, 11) is 0. The second-order valence-electron chi connectivity index (χ2n) is 4.04. The van der Waals surface area contributed by atoms with Crippen LogP contribution in [0.4, 0.5) is 0 Å². The zero-order chi connectivity index (χ0) is 10.7. The summed E-state index contributed by atoms with van der Waals surface area (Å²) in [4.78, 5) is 11.6. The second kappa shape index (κ2) is 4.27. The van der Waals surface area contributed by atoms with Crippen LogP contribution in [0.5, 0.6) is 5.75 Å². The highest BCUT2D eigenvalue weighted by molar-refractivity contribution is 5.98. The largest absolute Gasteiger partial charge is 0.507 e. The molecule has 0 atom stereocenters. The Balaban J connectivity index is 2.90. The van der Waals surface area contributed by atoms with Gasteiger partial charge in [0.1, 0.15) is 5.75 Å². The van der Waals surface area contributed by atoms with Crippen molar-refractivity contribution < 1.29 is 9.90 Å². The minimum atomic E-state index is 0.0116. The summed E-state index contributed by atoms with van der Waals surface area (Å²) in [5.74, 6) is 0.427. The number of aromatic hydroxyl groups is 1. The number of Topliss-reactive ketones (excluding diaryl/α,β-unsaturated/α-hetero) is 1. The first-order valence-electron chi connectivity index (χ1n) is 4.83. The van der Waals surface area contributed by atoms with Crippen molar-refractivity contribution in [2.45, 2.75) is 27.2 Å². The summed E-state index contributed by atoms with van der Waals surface area (Å²) >= 11 is 0. The van der Waals surface area contributed by atoms with Crippen LogP contribution in [0, 0.1) is 12.8 Å². The van der Waals surface area contributed by atoms with Crippen molar-refractivity contribution in [1.29, 1.82) is 0 Å². The van der Waals surface area contributed by atoms with E-state index in [0.717, 1.165) is 5.56 Å². The minimum Gasteiger partial charge on any atom is -0.507 e. The molecule has 0 bridgehead atoms. The predicted molar refractivity (Wildman–Crippen MR) is 56.6 cm³/mol. The molecule has 2 heteroatoms. The Bertz CT molecular complexity index is 340. The van der Waals surface area contributed by atoms with Crippen molar-refractivity contribution in [2.24, 2.45) is 5.92 Å². The molecule has 1 N–H and O–H groups in total. The number of phenols is 1. The molecule has 0 spiro atoms. The van der Waals surface area contributed by atoms with Gasteiger partial charge in [0, 0.05) is 6.42 Å². The summed E-state index contributed by atoms with van der Waals surface area (Å²) in [6, 6.07) is 5.15. The Hall–Kier alpha value is -1.31. The number of aryl methyl sites for hydroxylation is 1. The highest BCUT2D eigenvalue weighted by atomic mass is 16.3. The standard InChI is InChI=1S/C12H16O2/c1-8(2)6-11(13)10-5-4-9(3)7-12(10)14/h4-5,7-8,14H,6H2,1-3H3. The average molecular weight is 192 g/mol. The van der Waals surface area contributed by atoms with Crippen LogP contribution in [0.2, 0.25) is 0 Å². The number of hydrogen-bond donors (Lipinski definition) is 1. The predicted octanol–water partition coefficient (Wildman–Crippen LogP) is 2.93. The summed E-state index contributed by atoms with van der Waals surface area (Å²) in [6.45, 7) is 5.86. The molecule has 0 amide bonds. The normalized spacial score (nSPS) is 10.6. The maximum atomic E-state index is 11.6. The van der Waals surface area contributed by atoms with E-state index in [2.05, 4.69) is 0 Å². The molecule has 0 fully saturated rings. The van der Waals surface area contributed by atoms with E-state index in [1.54, 1.807) is 12.1 Å². The molecule has 0 saturated carbocycles. The summed E-state index contributed by atoms with van der Waals surface area (Å²) in [5, 5.41) is 9.55. The zero-order valence-electron chi connectivity index (χ0n) is 8.87. The Labute approximate surface area is 84.6 Å². The molecular formula is C12H16O2. The third-order valence-corrected chi connectivity index (χ3v) is 2.05. The number of phenolic OH excluding ortho intramolecular Hbond substituents is 1. The molecule has 1 aromatic carbocycles. The van der Waals surface area contributed by atoms with E-state index >= 15 is 0 Å². The molecule has 0 saturated heterocycles. The SMILES string of the molecule is Cc1ccc(C(=O)CC(C)C)c(O)c1. The monoisotopic (exact) mass is 192 g/mol. The Morgan fingerprint density at radius 2 is 2.07 bits per heavy atom. The van der Waals surface area contributed by atoms with Gasteiger partial charge < -0.3 is 5.11 Å². The van der Waals surface area contributed by atoms with Crippen molar-refractivity contribution in [3.05, 3.63) is 29.3 Å². The second-order valence-corrected chi connectivity index (χ2v) is 4.04. The Morgan fingerprint density at radius 1 is 1.43 bits per heavy atom. The van der Waals surface area contributed by atoms with E-state index in [4.69, 9.17) is 0 Å². The van der Waals surface area contributed by atoms with Gasteiger partial charge in [-0.2, -0.15) is 0 Å². The molecule has 0 aliphatic heterocycles. The molecule has 14 heavy (non-hydrogen) atoms. The fourth-order valence-electron chi connectivity index (χ4n) is 1.36. The quantitative estimate of drug-likeness (QED) is 0.747. The fraction of sp³-hybridized carbons (Fsp3) is 0.417. The van der Waals surface area contributed by atoms with Gasteiger partial charge in [0.05, 0.1) is 5.56 Å². The molecule has 0 unspecified atom stereocenters. The van der Waals surface area contributed by atoms with E-state index < -0.39 is 0 Å². The fourth-order valence-corrected chi connectivity index (χ4v) is 1.36. The van der Waals surface area contributed by atoms with E-state index in [1.807, 2.05) is 26.8 Å². The number of ketones is 1. The van der Waals surface area contributed by atoms with Crippen molar-refractivity contribution in [3.8, 4) is 5.75 Å². The topological polar surface area (TPSA) is 37.3 Å². The van der Waals surface area contributed by atoms with Gasteiger partial charge in [-0.1, -0.05) is 19.9 Å². The lowest BCUT2D eigenvalue weighted by Crippen LogP contribution is -2.03. The number of carbonyl (C=O) groups is 1. The first kappa shape index (κ1) is 10.8. The highest BCUT2D eigenvalue weighted by Gasteiger charge is 2.12. The number of benzene rings is 1. The van der Waals surface area contributed by atoms with E-state index in [1.165, 1.54) is 0 Å². The average Bonchev–Trinajstić information content (AvgIpc) is 2.01. The van der Waals surface area contributed by atoms with Crippen LogP contribution in [0.1, 0.15) is 36.2 Å². The van der Waals surface area contributed by atoms with Crippen LogP contribution in [0.15, 0.2) is 18.2 Å². The van der Waals surface area contributed by atoms with Crippen LogP contribution >= 0.6 is 0 Å². The van der Waals surface area contributed by atoms with Crippen LogP contribution in [0.3, 0.4) is 0 Å². The molecule has 0 heterocycles. The van der Waals surface area contributed by atoms with Gasteiger partial charge in [0.2, 0.25) is 0 Å². The Kier molecular flexibility index (Phi) is 3.28. The van der Waals surface area contributed by atoms with Gasteiger partial charge >= 0.3 is 0 Å². The number of rotatable bonds is 3. The molecule has 2 nitrogen and oxygen atoms in total. The van der Waals surface area contributed by atoms with Crippen LogP contribution in [0.25, 0.3) is 0 Å². The lowest BCUT2D eigenvalue weighted by Gasteiger charge is -2.06. The minimum absolute atomic E-state index is 0.0116. The first-order chi connectivity index (χ1) is 6.50. The van der Waals surface area contributed by atoms with Crippen molar-refractivity contribution >= 4 is 5.78 Å². The van der Waals surface area contributed by atoms with Gasteiger partial charge in [-0.15, -0.1) is 0 Å². The van der Waals surface area contributed by atoms with Gasteiger partial charge in [-0.25, -0.2) is 0 Å². The third kappa shape index (κ3) is 2.59. The first-order valence-corrected chi connectivity index (χ1v) is 4.83. The highest BCUT2D eigenvalue weighted by Crippen LogP contribution is 2.21.